The molecule has 0 aliphatic carbocycles. The largest absolute Gasteiger partial charge is 0.572 e. The van der Waals surface area contributed by atoms with E-state index in [2.05, 4.69) is 10.0 Å². The van der Waals surface area contributed by atoms with Crippen LogP contribution in [0, 0.1) is 13.8 Å². The van der Waals surface area contributed by atoms with Gasteiger partial charge in [0.1, 0.15) is 29.7 Å². The minimum Gasteiger partial charge on any atom is -0.572 e. The van der Waals surface area contributed by atoms with Crippen LogP contribution in [0.15, 0.2) is 71.6 Å². The zero-order valence-corrected chi connectivity index (χ0v) is 20.2. The number of hydrogen-bond donors (Lipinski definition) is 2. The maximum atomic E-state index is 12.7. The minimum atomic E-state index is -3.86. The minimum absolute atomic E-state index is 0.0707. The van der Waals surface area contributed by atoms with Crippen molar-refractivity contribution in [3.8, 4) is 0 Å². The smallest absolute Gasteiger partial charge is 0.255 e. The number of nitrogens with one attached hydrogen (secondary N) is 2. The number of carbonyl (C=O) groups is 1. The summed E-state index contributed by atoms with van der Waals surface area (Å²) >= 11 is 0. The van der Waals surface area contributed by atoms with Gasteiger partial charge in [-0.25, -0.2) is 8.42 Å². The van der Waals surface area contributed by atoms with Crippen LogP contribution in [0.5, 0.6) is 0 Å². The Kier molecular flexibility index (Phi) is 7.31. The number of amides is 1. The molecule has 1 aliphatic rings. The van der Waals surface area contributed by atoms with E-state index in [4.69, 9.17) is 4.74 Å². The number of aryl methyl sites for hydroxylation is 2. The van der Waals surface area contributed by atoms with Crippen LogP contribution in [-0.2, 0) is 21.3 Å². The van der Waals surface area contributed by atoms with E-state index in [9.17, 15) is 13.2 Å². The van der Waals surface area contributed by atoms with Crippen molar-refractivity contribution in [1.82, 2.24) is 0 Å². The van der Waals surface area contributed by atoms with Crippen LogP contribution in [0.2, 0.25) is 0 Å². The average Bonchev–Trinajstić information content (AvgIpc) is 2.83. The number of hydrogen-bond acceptors (Lipinski definition) is 4. The lowest BCUT2D eigenvalue weighted by atomic mass is 10.1. The highest BCUT2D eigenvalue weighted by Gasteiger charge is 2.15. The van der Waals surface area contributed by atoms with Gasteiger partial charge in [0.25, 0.3) is 5.91 Å². The molecule has 0 aromatic heterocycles. The van der Waals surface area contributed by atoms with Crippen LogP contribution in [0.1, 0.15) is 27.0 Å². The Balaban J connectivity index is 1.38. The van der Waals surface area contributed by atoms with Crippen LogP contribution < -0.4 is 10.2 Å². The van der Waals surface area contributed by atoms with Gasteiger partial charge in [0, 0.05) is 16.8 Å². The van der Waals surface area contributed by atoms with Gasteiger partial charge in [0.15, 0.2) is 0 Å². The molecule has 0 bridgehead atoms. The van der Waals surface area contributed by atoms with E-state index in [0.717, 1.165) is 44.0 Å². The van der Waals surface area contributed by atoms with Crippen molar-refractivity contribution in [2.24, 2.45) is 0 Å². The number of morpholine rings is 1. The standard InChI is InChI=1S/C26H28N3O4S/c1-19-3-4-20(2)25(17-19)28-34(31,32)24-11-9-23(10-12-24)27-26(30)22-7-5-21(6-8-22)18-29-13-15-33-16-14-29/h3-12,17H,13-16,18H2,1-2H3,(H,27,30)/q-1/p+1. The predicted octanol–water partition coefficient (Wildman–Crippen LogP) is 3.36. The Morgan fingerprint density at radius 3 is 2.32 bits per heavy atom. The number of benzene rings is 3. The van der Waals surface area contributed by atoms with Crippen molar-refractivity contribution in [3.63, 3.8) is 0 Å². The average molecular weight is 480 g/mol. The highest BCUT2D eigenvalue weighted by Crippen LogP contribution is 2.31. The van der Waals surface area contributed by atoms with Gasteiger partial charge < -0.3 is 19.7 Å². The predicted molar refractivity (Wildman–Crippen MR) is 132 cm³/mol. The van der Waals surface area contributed by atoms with E-state index in [1.54, 1.807) is 18.2 Å². The van der Waals surface area contributed by atoms with Gasteiger partial charge in [-0.1, -0.05) is 41.5 Å². The molecule has 0 spiro atoms. The van der Waals surface area contributed by atoms with Gasteiger partial charge in [-0.15, -0.1) is 5.69 Å². The quantitative estimate of drug-likeness (QED) is 0.544. The first-order valence-electron chi connectivity index (χ1n) is 11.3. The van der Waals surface area contributed by atoms with Crippen molar-refractivity contribution in [2.75, 3.05) is 31.6 Å². The van der Waals surface area contributed by atoms with E-state index in [0.29, 0.717) is 16.9 Å². The van der Waals surface area contributed by atoms with Gasteiger partial charge in [-0.2, -0.15) is 0 Å². The summed E-state index contributed by atoms with van der Waals surface area (Å²) < 4.78 is 34.8. The van der Waals surface area contributed by atoms with Gasteiger partial charge in [0.05, 0.1) is 18.1 Å². The summed E-state index contributed by atoms with van der Waals surface area (Å²) in [4.78, 5) is 14.2. The zero-order chi connectivity index (χ0) is 24.1. The summed E-state index contributed by atoms with van der Waals surface area (Å²) in [6.07, 6.45) is 0. The Hall–Kier alpha value is -3.20. The van der Waals surface area contributed by atoms with Gasteiger partial charge in [0.2, 0.25) is 0 Å². The molecule has 1 saturated heterocycles. The van der Waals surface area contributed by atoms with Crippen LogP contribution in [0.25, 0.3) is 4.72 Å². The molecule has 1 amide bonds. The second kappa shape index (κ2) is 10.4. The Morgan fingerprint density at radius 1 is 0.971 bits per heavy atom. The van der Waals surface area contributed by atoms with E-state index < -0.39 is 10.0 Å². The van der Waals surface area contributed by atoms with Crippen LogP contribution >= 0.6 is 0 Å². The summed E-state index contributed by atoms with van der Waals surface area (Å²) in [7, 11) is -3.86. The van der Waals surface area contributed by atoms with E-state index in [-0.39, 0.29) is 10.8 Å². The molecule has 3 aromatic rings. The normalized spacial score (nSPS) is 14.5. The molecule has 0 atom stereocenters. The molecule has 4 rings (SSSR count). The second-order valence-electron chi connectivity index (χ2n) is 8.57. The zero-order valence-electron chi connectivity index (χ0n) is 19.4. The van der Waals surface area contributed by atoms with E-state index in [1.165, 1.54) is 22.6 Å². The molecule has 3 aromatic carbocycles. The maximum Gasteiger partial charge on any atom is 0.255 e. The Labute approximate surface area is 200 Å². The molecule has 7 nitrogen and oxygen atoms in total. The Bertz CT molecular complexity index is 1250. The first-order valence-corrected chi connectivity index (χ1v) is 12.7. The van der Waals surface area contributed by atoms with E-state index in [1.807, 2.05) is 50.2 Å². The van der Waals surface area contributed by atoms with Crippen molar-refractivity contribution < 1.29 is 22.8 Å². The van der Waals surface area contributed by atoms with Gasteiger partial charge in [-0.3, -0.25) is 4.79 Å². The van der Waals surface area contributed by atoms with Crippen molar-refractivity contribution in [2.45, 2.75) is 25.3 Å². The third-order valence-corrected chi connectivity index (χ3v) is 7.17. The first-order chi connectivity index (χ1) is 16.3. The fraction of sp³-hybridized carbons (Fsp3) is 0.269. The van der Waals surface area contributed by atoms with Gasteiger partial charge in [-0.05, 0) is 50.2 Å². The number of anilines is 1. The third-order valence-electron chi connectivity index (χ3n) is 5.86. The second-order valence-corrected chi connectivity index (χ2v) is 10.2. The Morgan fingerprint density at radius 2 is 1.65 bits per heavy atom. The van der Waals surface area contributed by atoms with Crippen LogP contribution in [0.4, 0.5) is 11.4 Å². The molecule has 0 unspecified atom stereocenters. The number of carbonyl (C=O) groups excluding carboxylic acids is 1. The monoisotopic (exact) mass is 479 g/mol. The lowest BCUT2D eigenvalue weighted by molar-refractivity contribution is -0.921. The number of nitrogens with zero attached hydrogens (tertiary/aromatic N) is 1. The van der Waals surface area contributed by atoms with Crippen LogP contribution in [0.3, 0.4) is 0 Å². The molecule has 1 heterocycles. The highest BCUT2D eigenvalue weighted by atomic mass is 32.2. The van der Waals surface area contributed by atoms with E-state index >= 15 is 0 Å². The van der Waals surface area contributed by atoms with Crippen molar-refractivity contribution >= 4 is 27.3 Å². The molecular formula is C26H29N3O4S. The number of ether oxygens (including phenoxy) is 1. The lowest BCUT2D eigenvalue weighted by Gasteiger charge is -2.24. The molecule has 178 valence electrons. The number of quaternary nitrogens is 1. The summed E-state index contributed by atoms with van der Waals surface area (Å²) in [5.74, 6) is -0.249. The fourth-order valence-electron chi connectivity index (χ4n) is 3.81. The third kappa shape index (κ3) is 6.02. The first kappa shape index (κ1) is 23.9. The maximum absolute atomic E-state index is 12.7. The van der Waals surface area contributed by atoms with Gasteiger partial charge >= 0.3 is 0 Å². The molecular weight excluding hydrogens is 450 g/mol. The molecule has 34 heavy (non-hydrogen) atoms. The fourth-order valence-corrected chi connectivity index (χ4v) is 4.85. The number of rotatable bonds is 7. The van der Waals surface area contributed by atoms with Crippen molar-refractivity contribution in [1.29, 1.82) is 0 Å². The molecule has 8 heteroatoms. The molecule has 1 aliphatic heterocycles. The number of sulfonamides is 1. The summed E-state index contributed by atoms with van der Waals surface area (Å²) in [6.45, 7) is 8.18. The van der Waals surface area contributed by atoms with Crippen molar-refractivity contribution in [3.05, 3.63) is 93.7 Å². The SMILES string of the molecule is Cc1ccc(C)c([N-]S(=O)(=O)c2ccc(NC(=O)c3ccc(C[NH+]4CCOCC4)cc3)cc2)c1. The topological polar surface area (TPSA) is 91.0 Å². The molecule has 0 saturated carbocycles. The summed E-state index contributed by atoms with van der Waals surface area (Å²) in [5.41, 5.74) is 4.38. The molecule has 2 N–H and O–H groups in total. The summed E-state index contributed by atoms with van der Waals surface area (Å²) in [5, 5.41) is 2.82. The highest BCUT2D eigenvalue weighted by molar-refractivity contribution is 7.94. The summed E-state index contributed by atoms with van der Waals surface area (Å²) in [6, 6.07) is 19.1. The van der Waals surface area contributed by atoms with Crippen LogP contribution in [-0.4, -0.2) is 40.6 Å². The lowest BCUT2D eigenvalue weighted by Crippen LogP contribution is -3.12. The molecule has 0 radical (unpaired) electrons. The molecule has 1 fully saturated rings.